The van der Waals surface area contributed by atoms with Crippen molar-refractivity contribution in [1.29, 1.82) is 0 Å². The third-order valence-corrected chi connectivity index (χ3v) is 7.34. The van der Waals surface area contributed by atoms with Crippen molar-refractivity contribution in [2.45, 2.75) is 10.6 Å². The van der Waals surface area contributed by atoms with Crippen LogP contribution < -0.4 is 10.2 Å². The molecule has 1 aliphatic heterocycles. The average Bonchev–Trinajstić information content (AvgIpc) is 2.80. The maximum Gasteiger partial charge on any atom is 0.238 e. The fourth-order valence-corrected chi connectivity index (χ4v) is 5.32. The molecular formula is C25H24Cl3N3OS. The summed E-state index contributed by atoms with van der Waals surface area (Å²) in [6.45, 7) is 3.80. The maximum atomic E-state index is 12.5. The zero-order valence-electron chi connectivity index (χ0n) is 17.9. The molecule has 0 aliphatic carbocycles. The molecule has 0 atom stereocenters. The summed E-state index contributed by atoms with van der Waals surface area (Å²) in [4.78, 5) is 18.1. The SMILES string of the molecule is O=C(CN1CCN(c2cccc(Cl)c2)CC1)Nc1ccc(SCc2ccc(Cl)cc2Cl)cc1. The van der Waals surface area contributed by atoms with Crippen LogP contribution in [0.3, 0.4) is 0 Å². The molecule has 0 spiro atoms. The van der Waals surface area contributed by atoms with E-state index in [1.165, 1.54) is 0 Å². The molecule has 1 saturated heterocycles. The predicted octanol–water partition coefficient (Wildman–Crippen LogP) is 6.70. The smallest absolute Gasteiger partial charge is 0.238 e. The van der Waals surface area contributed by atoms with Crippen molar-refractivity contribution < 1.29 is 4.79 Å². The summed E-state index contributed by atoms with van der Waals surface area (Å²) in [5, 5.41) is 5.05. The summed E-state index contributed by atoms with van der Waals surface area (Å²) in [5.74, 6) is 0.752. The quantitative estimate of drug-likeness (QED) is 0.352. The molecule has 1 amide bonds. The molecule has 172 valence electrons. The van der Waals surface area contributed by atoms with Crippen molar-refractivity contribution in [2.75, 3.05) is 42.9 Å². The number of amides is 1. The second-order valence-electron chi connectivity index (χ2n) is 7.84. The summed E-state index contributed by atoms with van der Waals surface area (Å²) < 4.78 is 0. The number of hydrogen-bond donors (Lipinski definition) is 1. The molecule has 1 aliphatic rings. The summed E-state index contributed by atoms with van der Waals surface area (Å²) in [6, 6.07) is 21.3. The van der Waals surface area contributed by atoms with Gasteiger partial charge in [0.2, 0.25) is 5.91 Å². The van der Waals surface area contributed by atoms with Gasteiger partial charge in [0.05, 0.1) is 6.54 Å². The van der Waals surface area contributed by atoms with Crippen molar-refractivity contribution in [3.05, 3.63) is 87.4 Å². The highest BCUT2D eigenvalue weighted by Gasteiger charge is 2.19. The largest absolute Gasteiger partial charge is 0.369 e. The number of piperazine rings is 1. The van der Waals surface area contributed by atoms with E-state index in [1.807, 2.05) is 54.6 Å². The lowest BCUT2D eigenvalue weighted by molar-refractivity contribution is -0.117. The highest BCUT2D eigenvalue weighted by atomic mass is 35.5. The first-order chi connectivity index (χ1) is 16.0. The number of rotatable bonds is 7. The van der Waals surface area contributed by atoms with Gasteiger partial charge in [0.1, 0.15) is 0 Å². The van der Waals surface area contributed by atoms with Gasteiger partial charge in [0, 0.05) is 63.3 Å². The third kappa shape index (κ3) is 7.05. The molecule has 8 heteroatoms. The molecule has 0 saturated carbocycles. The average molecular weight is 521 g/mol. The number of nitrogens with one attached hydrogen (secondary N) is 1. The number of hydrogen-bond acceptors (Lipinski definition) is 4. The number of benzene rings is 3. The Morgan fingerprint density at radius 2 is 1.61 bits per heavy atom. The Balaban J connectivity index is 1.22. The van der Waals surface area contributed by atoms with E-state index in [9.17, 15) is 4.79 Å². The van der Waals surface area contributed by atoms with Crippen molar-refractivity contribution >= 4 is 63.8 Å². The molecule has 3 aromatic carbocycles. The van der Waals surface area contributed by atoms with E-state index in [4.69, 9.17) is 34.8 Å². The molecule has 33 heavy (non-hydrogen) atoms. The standard InChI is InChI=1S/C25H24Cl3N3OS/c26-19-2-1-3-22(14-19)31-12-10-30(11-13-31)16-25(32)29-21-6-8-23(9-7-21)33-17-18-4-5-20(27)15-24(18)28/h1-9,14-15H,10-13,16-17H2,(H,29,32). The van der Waals surface area contributed by atoms with Gasteiger partial charge in [-0.2, -0.15) is 0 Å². The van der Waals surface area contributed by atoms with Gasteiger partial charge in [-0.3, -0.25) is 9.69 Å². The number of halogens is 3. The lowest BCUT2D eigenvalue weighted by atomic mass is 10.2. The lowest BCUT2D eigenvalue weighted by Gasteiger charge is -2.35. The lowest BCUT2D eigenvalue weighted by Crippen LogP contribution is -2.48. The van der Waals surface area contributed by atoms with Crippen molar-refractivity contribution in [2.24, 2.45) is 0 Å². The minimum atomic E-state index is -0.000412. The number of anilines is 2. The first kappa shape index (κ1) is 24.2. The Bertz CT molecular complexity index is 1100. The minimum absolute atomic E-state index is 0.000412. The Hall–Kier alpha value is -1.89. The highest BCUT2D eigenvalue weighted by Crippen LogP contribution is 2.29. The van der Waals surface area contributed by atoms with E-state index >= 15 is 0 Å². The number of nitrogens with zero attached hydrogens (tertiary/aromatic N) is 2. The zero-order valence-corrected chi connectivity index (χ0v) is 21.0. The summed E-state index contributed by atoms with van der Waals surface area (Å²) >= 11 is 20.0. The third-order valence-electron chi connectivity index (χ3n) is 5.46. The van der Waals surface area contributed by atoms with Gasteiger partial charge in [-0.05, 0) is 60.2 Å². The molecule has 1 heterocycles. The number of carbonyl (C=O) groups is 1. The van der Waals surface area contributed by atoms with Crippen LogP contribution in [0.15, 0.2) is 71.6 Å². The molecular weight excluding hydrogens is 497 g/mol. The fourth-order valence-electron chi connectivity index (χ4n) is 3.67. The molecule has 0 bridgehead atoms. The van der Waals surface area contributed by atoms with Crippen LogP contribution >= 0.6 is 46.6 Å². The van der Waals surface area contributed by atoms with Crippen molar-refractivity contribution in [3.8, 4) is 0 Å². The van der Waals surface area contributed by atoms with E-state index in [-0.39, 0.29) is 5.91 Å². The molecule has 4 nitrogen and oxygen atoms in total. The molecule has 4 rings (SSSR count). The Morgan fingerprint density at radius 1 is 0.879 bits per heavy atom. The molecule has 1 N–H and O–H groups in total. The van der Waals surface area contributed by atoms with Crippen LogP contribution in [0.4, 0.5) is 11.4 Å². The van der Waals surface area contributed by atoms with Crippen LogP contribution in [-0.4, -0.2) is 43.5 Å². The maximum absolute atomic E-state index is 12.5. The van der Waals surface area contributed by atoms with Crippen molar-refractivity contribution in [1.82, 2.24) is 4.90 Å². The Labute approximate surface area is 213 Å². The van der Waals surface area contributed by atoms with Crippen molar-refractivity contribution in [3.63, 3.8) is 0 Å². The number of thioether (sulfide) groups is 1. The summed E-state index contributed by atoms with van der Waals surface area (Å²) in [7, 11) is 0. The van der Waals surface area contributed by atoms with Crippen LogP contribution in [0.5, 0.6) is 0 Å². The van der Waals surface area contributed by atoms with Gasteiger partial charge in [0.15, 0.2) is 0 Å². The van der Waals surface area contributed by atoms with Crippen LogP contribution in [0.2, 0.25) is 15.1 Å². The highest BCUT2D eigenvalue weighted by molar-refractivity contribution is 7.98. The van der Waals surface area contributed by atoms with Gasteiger partial charge >= 0.3 is 0 Å². The van der Waals surface area contributed by atoms with Gasteiger partial charge in [-0.15, -0.1) is 11.8 Å². The molecule has 3 aromatic rings. The summed E-state index contributed by atoms with van der Waals surface area (Å²) in [5.41, 5.74) is 2.97. The van der Waals surface area contributed by atoms with Crippen LogP contribution in [-0.2, 0) is 10.5 Å². The van der Waals surface area contributed by atoms with Gasteiger partial charge in [0.25, 0.3) is 0 Å². The van der Waals surface area contributed by atoms with Gasteiger partial charge in [-0.25, -0.2) is 0 Å². The minimum Gasteiger partial charge on any atom is -0.369 e. The van der Waals surface area contributed by atoms with E-state index in [2.05, 4.69) is 21.2 Å². The van der Waals surface area contributed by atoms with Gasteiger partial charge < -0.3 is 10.2 Å². The van der Waals surface area contributed by atoms with Crippen LogP contribution in [0.1, 0.15) is 5.56 Å². The molecule has 0 radical (unpaired) electrons. The van der Waals surface area contributed by atoms with Crippen LogP contribution in [0, 0.1) is 0 Å². The normalized spacial score (nSPS) is 14.3. The molecule has 0 aromatic heterocycles. The van der Waals surface area contributed by atoms with E-state index < -0.39 is 0 Å². The zero-order chi connectivity index (χ0) is 23.2. The van der Waals surface area contributed by atoms with E-state index in [0.717, 1.165) is 58.8 Å². The monoisotopic (exact) mass is 519 g/mol. The van der Waals surface area contributed by atoms with Crippen LogP contribution in [0.25, 0.3) is 0 Å². The van der Waals surface area contributed by atoms with E-state index in [1.54, 1.807) is 17.8 Å². The second kappa shape index (κ2) is 11.5. The predicted molar refractivity (Wildman–Crippen MR) is 141 cm³/mol. The second-order valence-corrected chi connectivity index (χ2v) is 10.2. The number of carbonyl (C=O) groups excluding carboxylic acids is 1. The first-order valence-corrected chi connectivity index (χ1v) is 12.8. The Morgan fingerprint density at radius 3 is 2.30 bits per heavy atom. The summed E-state index contributed by atoms with van der Waals surface area (Å²) in [6.07, 6.45) is 0. The Kier molecular flexibility index (Phi) is 8.45. The fraction of sp³-hybridized carbons (Fsp3) is 0.240. The molecule has 1 fully saturated rings. The molecule has 0 unspecified atom stereocenters. The van der Waals surface area contributed by atoms with Gasteiger partial charge in [-0.1, -0.05) is 46.9 Å². The van der Waals surface area contributed by atoms with E-state index in [0.29, 0.717) is 16.6 Å². The first-order valence-electron chi connectivity index (χ1n) is 10.7. The topological polar surface area (TPSA) is 35.6 Å².